The SMILES string of the molecule is c1ccc(C(Np2oc3ccc4ccccc4c3c3c(ccc4ccccc43)o2)c2ccccc2)cc1. The van der Waals surface area contributed by atoms with Gasteiger partial charge in [0.1, 0.15) is 11.2 Å². The molecule has 1 heterocycles. The summed E-state index contributed by atoms with van der Waals surface area (Å²) in [5, 5.41) is 10.5. The van der Waals surface area contributed by atoms with E-state index in [0.29, 0.717) is 0 Å². The first kappa shape index (κ1) is 21.9. The van der Waals surface area contributed by atoms with Crippen LogP contribution in [0.2, 0.25) is 0 Å². The van der Waals surface area contributed by atoms with Gasteiger partial charge in [-0.1, -0.05) is 121 Å². The third kappa shape index (κ3) is 3.99. The molecule has 0 saturated heterocycles. The second-order valence-corrected chi connectivity index (χ2v) is 10.3. The van der Waals surface area contributed by atoms with Crippen molar-refractivity contribution in [2.45, 2.75) is 6.04 Å². The predicted octanol–water partition coefficient (Wildman–Crippen LogP) is 9.93. The van der Waals surface area contributed by atoms with Crippen molar-refractivity contribution in [3.63, 3.8) is 0 Å². The van der Waals surface area contributed by atoms with Crippen LogP contribution in [0.5, 0.6) is 0 Å². The zero-order chi connectivity index (χ0) is 24.6. The summed E-state index contributed by atoms with van der Waals surface area (Å²) in [6, 6.07) is 46.2. The van der Waals surface area contributed by atoms with Crippen molar-refractivity contribution in [3.8, 4) is 0 Å². The lowest BCUT2D eigenvalue weighted by atomic mass is 9.99. The summed E-state index contributed by atoms with van der Waals surface area (Å²) in [6.07, 6.45) is 0. The van der Waals surface area contributed by atoms with Gasteiger partial charge in [-0.3, -0.25) is 0 Å². The molecule has 3 nitrogen and oxygen atoms in total. The first-order chi connectivity index (χ1) is 18.3. The van der Waals surface area contributed by atoms with E-state index in [1.807, 2.05) is 12.1 Å². The Morgan fingerprint density at radius 2 is 0.892 bits per heavy atom. The molecule has 0 fully saturated rings. The van der Waals surface area contributed by atoms with E-state index in [9.17, 15) is 0 Å². The van der Waals surface area contributed by atoms with Gasteiger partial charge in [0.25, 0.3) is 0 Å². The molecule has 6 aromatic carbocycles. The molecule has 0 bridgehead atoms. The van der Waals surface area contributed by atoms with Gasteiger partial charge in [0.05, 0.1) is 6.04 Å². The fourth-order valence-corrected chi connectivity index (χ4v) is 6.47. The molecule has 1 aromatic heterocycles. The second kappa shape index (κ2) is 9.29. The Bertz CT molecular complexity index is 1780. The molecule has 0 atom stereocenters. The molecule has 7 rings (SSSR count). The summed E-state index contributed by atoms with van der Waals surface area (Å²) in [5.74, 6) is 0. The number of benzene rings is 6. The normalized spacial score (nSPS) is 11.6. The molecular weight excluding hydrogens is 473 g/mol. The van der Waals surface area contributed by atoms with Crippen LogP contribution in [0.15, 0.2) is 142 Å². The summed E-state index contributed by atoms with van der Waals surface area (Å²) in [5.41, 5.74) is 3.97. The standard InChI is InChI=1S/C33H24NO2P/c1-3-13-25(14-4-1)33(26-15-5-2-6-16-26)34-37-35-29-21-19-23-11-7-9-17-27(23)31(29)32-28-18-10-8-12-24(28)20-22-30(32)36-37/h1-22,33-34H. The van der Waals surface area contributed by atoms with Crippen LogP contribution in [0.3, 0.4) is 0 Å². The van der Waals surface area contributed by atoms with Crippen molar-refractivity contribution >= 4 is 51.6 Å². The topological polar surface area (TPSA) is 38.3 Å². The third-order valence-corrected chi connectivity index (χ3v) is 8.09. The first-order valence-corrected chi connectivity index (χ1v) is 13.6. The van der Waals surface area contributed by atoms with E-state index >= 15 is 0 Å². The highest BCUT2D eigenvalue weighted by Gasteiger charge is 2.18. The molecule has 1 N–H and O–H groups in total. The molecule has 0 aliphatic heterocycles. The largest absolute Gasteiger partial charge is 0.408 e. The van der Waals surface area contributed by atoms with Crippen molar-refractivity contribution in [1.29, 1.82) is 0 Å². The molecule has 4 heteroatoms. The lowest BCUT2D eigenvalue weighted by Crippen LogP contribution is -2.09. The Balaban J connectivity index is 1.54. The second-order valence-electron chi connectivity index (χ2n) is 9.14. The van der Waals surface area contributed by atoms with E-state index in [1.165, 1.54) is 10.8 Å². The maximum Gasteiger partial charge on any atom is 0.307 e. The first-order valence-electron chi connectivity index (χ1n) is 12.4. The highest BCUT2D eigenvalue weighted by Crippen LogP contribution is 2.42. The minimum Gasteiger partial charge on any atom is -0.408 e. The quantitative estimate of drug-likeness (QED) is 0.263. The fourth-order valence-electron chi connectivity index (χ4n) is 5.16. The van der Waals surface area contributed by atoms with E-state index in [4.69, 9.17) is 8.39 Å². The predicted molar refractivity (Wildman–Crippen MR) is 155 cm³/mol. The van der Waals surface area contributed by atoms with E-state index in [-0.39, 0.29) is 6.04 Å². The number of fused-ring (bicyclic) bond motifs is 7. The van der Waals surface area contributed by atoms with Gasteiger partial charge < -0.3 is 8.39 Å². The Hall–Kier alpha value is -4.30. The fraction of sp³-hybridized carbons (Fsp3) is 0.0303. The Kier molecular flexibility index (Phi) is 5.51. The minimum absolute atomic E-state index is 0.0839. The number of hydrogen-bond donors (Lipinski definition) is 1. The summed E-state index contributed by atoms with van der Waals surface area (Å²) in [4.78, 5) is 0. The average Bonchev–Trinajstić information content (AvgIpc) is 3.13. The molecule has 0 unspecified atom stereocenters. The highest BCUT2D eigenvalue weighted by molar-refractivity contribution is 7.38. The van der Waals surface area contributed by atoms with Crippen LogP contribution >= 0.6 is 8.16 Å². The van der Waals surface area contributed by atoms with Crippen LogP contribution in [-0.4, -0.2) is 0 Å². The van der Waals surface area contributed by atoms with Crippen molar-refractivity contribution in [1.82, 2.24) is 0 Å². The van der Waals surface area contributed by atoms with Crippen molar-refractivity contribution < 1.29 is 8.39 Å². The van der Waals surface area contributed by atoms with Crippen molar-refractivity contribution in [2.75, 3.05) is 5.09 Å². The zero-order valence-corrected chi connectivity index (χ0v) is 20.9. The molecule has 7 aromatic rings. The van der Waals surface area contributed by atoms with Gasteiger partial charge >= 0.3 is 8.16 Å². The van der Waals surface area contributed by atoms with Crippen molar-refractivity contribution in [3.05, 3.63) is 145 Å². The molecule has 178 valence electrons. The Labute approximate surface area is 215 Å². The van der Waals surface area contributed by atoms with Crippen molar-refractivity contribution in [2.24, 2.45) is 0 Å². The lowest BCUT2D eigenvalue weighted by Gasteiger charge is -2.17. The summed E-state index contributed by atoms with van der Waals surface area (Å²) >= 11 is 0. The van der Waals surface area contributed by atoms with E-state index in [0.717, 1.165) is 43.8 Å². The monoisotopic (exact) mass is 497 g/mol. The van der Waals surface area contributed by atoms with Crippen LogP contribution in [0, 0.1) is 0 Å². The average molecular weight is 498 g/mol. The number of rotatable bonds is 4. The molecular formula is C33H24NO2P. The van der Waals surface area contributed by atoms with Crippen LogP contribution in [0.4, 0.5) is 0 Å². The van der Waals surface area contributed by atoms with Gasteiger partial charge in [0.2, 0.25) is 0 Å². The lowest BCUT2D eigenvalue weighted by molar-refractivity contribution is 0.639. The van der Waals surface area contributed by atoms with Gasteiger partial charge in [-0.2, -0.15) is 0 Å². The minimum atomic E-state index is -1.52. The third-order valence-electron chi connectivity index (χ3n) is 6.89. The maximum atomic E-state index is 6.70. The van der Waals surface area contributed by atoms with Gasteiger partial charge in [-0.25, -0.2) is 5.09 Å². The van der Waals surface area contributed by atoms with Crippen LogP contribution in [0.25, 0.3) is 43.5 Å². The Morgan fingerprint density at radius 3 is 1.38 bits per heavy atom. The van der Waals surface area contributed by atoms with Gasteiger partial charge in [-0.05, 0) is 44.8 Å². The van der Waals surface area contributed by atoms with Crippen LogP contribution < -0.4 is 5.09 Å². The number of nitrogens with one attached hydrogen (secondary N) is 1. The zero-order valence-electron chi connectivity index (χ0n) is 20.0. The summed E-state index contributed by atoms with van der Waals surface area (Å²) in [6.45, 7) is 0. The molecule has 0 amide bonds. The molecule has 0 radical (unpaired) electrons. The molecule has 0 spiro atoms. The number of hydrogen-bond acceptors (Lipinski definition) is 3. The van der Waals surface area contributed by atoms with Crippen LogP contribution in [-0.2, 0) is 0 Å². The van der Waals surface area contributed by atoms with Gasteiger partial charge in [0.15, 0.2) is 0 Å². The Morgan fingerprint density at radius 1 is 0.459 bits per heavy atom. The maximum absolute atomic E-state index is 6.70. The van der Waals surface area contributed by atoms with Crippen LogP contribution in [0.1, 0.15) is 17.2 Å². The molecule has 0 aliphatic rings. The molecule has 0 saturated carbocycles. The van der Waals surface area contributed by atoms with E-state index in [2.05, 4.69) is 126 Å². The van der Waals surface area contributed by atoms with Gasteiger partial charge in [-0.15, -0.1) is 0 Å². The molecule has 0 aliphatic carbocycles. The van der Waals surface area contributed by atoms with E-state index < -0.39 is 8.16 Å². The summed E-state index contributed by atoms with van der Waals surface area (Å²) < 4.78 is 13.4. The van der Waals surface area contributed by atoms with Gasteiger partial charge in [0, 0.05) is 10.8 Å². The van der Waals surface area contributed by atoms with E-state index in [1.54, 1.807) is 0 Å². The highest BCUT2D eigenvalue weighted by atomic mass is 31.1. The molecule has 37 heavy (non-hydrogen) atoms. The smallest absolute Gasteiger partial charge is 0.307 e. The summed E-state index contributed by atoms with van der Waals surface area (Å²) in [7, 11) is -1.52.